The number of aryl methyl sites for hydroxylation is 3. The second kappa shape index (κ2) is 8.51. The number of imidazole rings is 1. The topological polar surface area (TPSA) is 37.9 Å². The van der Waals surface area contributed by atoms with Gasteiger partial charge in [-0.2, -0.15) is 0 Å². The summed E-state index contributed by atoms with van der Waals surface area (Å²) in [6.45, 7) is 7.62. The second-order valence-corrected chi connectivity index (χ2v) is 6.20. The first kappa shape index (κ1) is 17.3. The average Bonchev–Trinajstić information content (AvgIpc) is 2.95. The van der Waals surface area contributed by atoms with Crippen molar-refractivity contribution < 1.29 is 9.36 Å². The van der Waals surface area contributed by atoms with E-state index in [0.29, 0.717) is 6.54 Å². The number of carbonyl (C=O) groups is 1. The zero-order valence-electron chi connectivity index (χ0n) is 14.5. The number of nitrogens with zero attached hydrogens (tertiary/aromatic N) is 2. The predicted octanol–water partition coefficient (Wildman–Crippen LogP) is 3.61. The highest BCUT2D eigenvalue weighted by molar-refractivity contribution is 5.91. The van der Waals surface area contributed by atoms with E-state index in [1.54, 1.807) is 0 Å². The summed E-state index contributed by atoms with van der Waals surface area (Å²) in [5.74, 6) is 0.0103. The van der Waals surface area contributed by atoms with Crippen molar-refractivity contribution in [3.8, 4) is 0 Å². The first-order chi connectivity index (χ1) is 11.1. The average molecular weight is 314 g/mol. The van der Waals surface area contributed by atoms with Gasteiger partial charge in [0.15, 0.2) is 6.54 Å². The largest absolute Gasteiger partial charge is 0.322 e. The lowest BCUT2D eigenvalue weighted by atomic mass is 10.1. The number of para-hydroxylation sites is 1. The molecule has 0 spiro atoms. The van der Waals surface area contributed by atoms with E-state index in [4.69, 9.17) is 0 Å². The highest BCUT2D eigenvalue weighted by Crippen LogP contribution is 2.19. The normalized spacial score (nSPS) is 10.7. The summed E-state index contributed by atoms with van der Waals surface area (Å²) in [4.78, 5) is 12.3. The van der Waals surface area contributed by atoms with Crippen LogP contribution >= 0.6 is 0 Å². The van der Waals surface area contributed by atoms with Crippen LogP contribution < -0.4 is 9.88 Å². The Kier molecular flexibility index (Phi) is 6.39. The van der Waals surface area contributed by atoms with Crippen LogP contribution in [-0.2, 0) is 17.9 Å². The summed E-state index contributed by atoms with van der Waals surface area (Å²) >= 11 is 0. The van der Waals surface area contributed by atoms with Crippen molar-refractivity contribution >= 4 is 11.6 Å². The van der Waals surface area contributed by atoms with Crippen molar-refractivity contribution in [2.24, 2.45) is 0 Å². The van der Waals surface area contributed by atoms with Gasteiger partial charge in [-0.05, 0) is 37.8 Å². The Balaban J connectivity index is 1.87. The smallest absolute Gasteiger partial charge is 0.266 e. The number of amides is 1. The van der Waals surface area contributed by atoms with Crippen LogP contribution in [-0.4, -0.2) is 10.5 Å². The summed E-state index contributed by atoms with van der Waals surface area (Å²) in [6.07, 6.45) is 11.0. The minimum Gasteiger partial charge on any atom is -0.322 e. The quantitative estimate of drug-likeness (QED) is 0.586. The molecule has 0 bridgehead atoms. The van der Waals surface area contributed by atoms with Crippen molar-refractivity contribution in [2.45, 2.75) is 59.5 Å². The van der Waals surface area contributed by atoms with Gasteiger partial charge < -0.3 is 5.32 Å². The molecule has 1 aromatic carbocycles. The van der Waals surface area contributed by atoms with Crippen LogP contribution in [0.25, 0.3) is 0 Å². The van der Waals surface area contributed by atoms with Gasteiger partial charge in [-0.3, -0.25) is 4.79 Å². The Bertz CT molecular complexity index is 626. The fourth-order valence-electron chi connectivity index (χ4n) is 2.74. The molecule has 0 radical (unpaired) electrons. The van der Waals surface area contributed by atoms with Gasteiger partial charge in [0.05, 0.1) is 6.54 Å². The molecule has 124 valence electrons. The highest BCUT2D eigenvalue weighted by Gasteiger charge is 2.11. The summed E-state index contributed by atoms with van der Waals surface area (Å²) in [6, 6.07) is 6.04. The van der Waals surface area contributed by atoms with Crippen LogP contribution in [0.4, 0.5) is 5.69 Å². The zero-order valence-corrected chi connectivity index (χ0v) is 14.5. The lowest BCUT2D eigenvalue weighted by Crippen LogP contribution is -2.38. The van der Waals surface area contributed by atoms with Crippen LogP contribution in [0.15, 0.2) is 36.9 Å². The number of carbonyl (C=O) groups excluding carboxylic acids is 1. The van der Waals surface area contributed by atoms with Crippen molar-refractivity contribution in [1.29, 1.82) is 0 Å². The van der Waals surface area contributed by atoms with Gasteiger partial charge in [-0.15, -0.1) is 0 Å². The summed E-state index contributed by atoms with van der Waals surface area (Å²) in [7, 11) is 0. The first-order valence-corrected chi connectivity index (χ1v) is 8.51. The predicted molar refractivity (Wildman–Crippen MR) is 93.3 cm³/mol. The molecule has 1 heterocycles. The molecule has 4 nitrogen and oxygen atoms in total. The number of aromatic nitrogens is 2. The van der Waals surface area contributed by atoms with Gasteiger partial charge in [0.1, 0.15) is 12.4 Å². The molecule has 0 unspecified atom stereocenters. The molecule has 1 aromatic heterocycles. The van der Waals surface area contributed by atoms with E-state index in [0.717, 1.165) is 23.4 Å². The molecule has 1 N–H and O–H groups in total. The fraction of sp³-hybridized carbons (Fsp3) is 0.474. The van der Waals surface area contributed by atoms with Crippen LogP contribution in [0.1, 0.15) is 43.7 Å². The van der Waals surface area contributed by atoms with Crippen LogP contribution in [0.5, 0.6) is 0 Å². The molecule has 0 aliphatic carbocycles. The highest BCUT2D eigenvalue weighted by atomic mass is 16.1. The number of rotatable bonds is 8. The number of hydrogen-bond acceptors (Lipinski definition) is 1. The second-order valence-electron chi connectivity index (χ2n) is 6.20. The van der Waals surface area contributed by atoms with Crippen LogP contribution in [0.2, 0.25) is 0 Å². The molecule has 0 atom stereocenters. The van der Waals surface area contributed by atoms with E-state index in [1.807, 2.05) is 55.3 Å². The Labute approximate surface area is 139 Å². The van der Waals surface area contributed by atoms with Crippen molar-refractivity contribution in [3.63, 3.8) is 0 Å². The Morgan fingerprint density at radius 1 is 1.17 bits per heavy atom. The lowest BCUT2D eigenvalue weighted by molar-refractivity contribution is -0.683. The molecule has 0 aliphatic heterocycles. The number of unbranched alkanes of at least 4 members (excludes halogenated alkanes) is 3. The number of hydrogen-bond donors (Lipinski definition) is 1. The third-order valence-corrected chi connectivity index (χ3v) is 4.09. The van der Waals surface area contributed by atoms with E-state index >= 15 is 0 Å². The third-order valence-electron chi connectivity index (χ3n) is 4.09. The molecule has 0 fully saturated rings. The maximum absolute atomic E-state index is 12.3. The molecule has 2 aromatic rings. The maximum atomic E-state index is 12.3. The summed E-state index contributed by atoms with van der Waals surface area (Å²) < 4.78 is 4.09. The van der Waals surface area contributed by atoms with Gasteiger partial charge in [0.2, 0.25) is 6.33 Å². The standard InChI is InChI=1S/C19H27N3O/c1-4-5-6-7-11-21-12-13-22(15-21)14-18(23)20-19-16(2)9-8-10-17(19)3/h8-10,12-13,15H,4-7,11,14H2,1-3H3/p+1. The Morgan fingerprint density at radius 2 is 1.91 bits per heavy atom. The van der Waals surface area contributed by atoms with Gasteiger partial charge in [-0.25, -0.2) is 9.13 Å². The Morgan fingerprint density at radius 3 is 2.61 bits per heavy atom. The number of benzene rings is 1. The fourth-order valence-corrected chi connectivity index (χ4v) is 2.74. The van der Waals surface area contributed by atoms with Gasteiger partial charge >= 0.3 is 0 Å². The Hall–Kier alpha value is -2.10. The molecule has 1 amide bonds. The first-order valence-electron chi connectivity index (χ1n) is 8.51. The summed E-state index contributed by atoms with van der Waals surface area (Å²) in [5.41, 5.74) is 3.12. The van der Waals surface area contributed by atoms with E-state index < -0.39 is 0 Å². The molecule has 0 saturated heterocycles. The van der Waals surface area contributed by atoms with Crippen LogP contribution in [0, 0.1) is 13.8 Å². The zero-order chi connectivity index (χ0) is 16.7. The van der Waals surface area contributed by atoms with Crippen molar-refractivity contribution in [2.75, 3.05) is 5.32 Å². The molecule has 23 heavy (non-hydrogen) atoms. The minimum atomic E-state index is 0.0103. The maximum Gasteiger partial charge on any atom is 0.266 e. The molecule has 0 aliphatic rings. The van der Waals surface area contributed by atoms with Gasteiger partial charge in [0.25, 0.3) is 5.91 Å². The number of anilines is 1. The van der Waals surface area contributed by atoms with Gasteiger partial charge in [0, 0.05) is 5.69 Å². The SMILES string of the molecule is CCCCCCn1cc[n+](CC(=O)Nc2c(C)cccc2C)c1. The van der Waals surface area contributed by atoms with E-state index in [2.05, 4.69) is 16.8 Å². The molecular weight excluding hydrogens is 286 g/mol. The number of nitrogens with one attached hydrogen (secondary N) is 1. The molecule has 4 heteroatoms. The van der Waals surface area contributed by atoms with Crippen molar-refractivity contribution in [1.82, 2.24) is 4.57 Å². The van der Waals surface area contributed by atoms with E-state index in [9.17, 15) is 4.79 Å². The molecular formula is C19H28N3O+. The van der Waals surface area contributed by atoms with Crippen molar-refractivity contribution in [3.05, 3.63) is 48.0 Å². The monoisotopic (exact) mass is 314 g/mol. The minimum absolute atomic E-state index is 0.0103. The van der Waals surface area contributed by atoms with E-state index in [1.165, 1.54) is 25.7 Å². The van der Waals surface area contributed by atoms with Gasteiger partial charge in [-0.1, -0.05) is 38.0 Å². The van der Waals surface area contributed by atoms with Crippen LogP contribution in [0.3, 0.4) is 0 Å². The molecule has 2 rings (SSSR count). The van der Waals surface area contributed by atoms with E-state index in [-0.39, 0.29) is 5.91 Å². The lowest BCUT2D eigenvalue weighted by Gasteiger charge is -2.10. The summed E-state index contributed by atoms with van der Waals surface area (Å²) in [5, 5.41) is 3.03. The molecule has 0 saturated carbocycles. The third kappa shape index (κ3) is 5.23.